The van der Waals surface area contributed by atoms with E-state index in [4.69, 9.17) is 4.74 Å². The number of ether oxygens (including phenoxy) is 1. The van der Waals surface area contributed by atoms with E-state index < -0.39 is 0 Å². The third-order valence-corrected chi connectivity index (χ3v) is 1.96. The largest absolute Gasteiger partial charge is 0.481 e. The van der Waals surface area contributed by atoms with Crippen molar-refractivity contribution in [3.63, 3.8) is 0 Å². The van der Waals surface area contributed by atoms with Gasteiger partial charge >= 0.3 is 0 Å². The highest BCUT2D eigenvalue weighted by Crippen LogP contribution is 2.17. The summed E-state index contributed by atoms with van der Waals surface area (Å²) < 4.78 is 4.88. The number of allylic oxidation sites excluding steroid dienone is 7. The minimum atomic E-state index is -0.0354. The smallest absolute Gasteiger partial charge is 0.276 e. The number of aliphatic hydroxyl groups is 1. The average molecular weight is 192 g/mol. The SMILES string of the molecule is CCO/C(O)=C/C=C1\C=CC(CC)=C1. The van der Waals surface area contributed by atoms with Crippen LogP contribution >= 0.6 is 0 Å². The normalized spacial score (nSPS) is 18.9. The molecule has 76 valence electrons. The molecule has 0 fully saturated rings. The first-order chi connectivity index (χ1) is 6.76. The van der Waals surface area contributed by atoms with Gasteiger partial charge in [-0.3, -0.25) is 0 Å². The monoisotopic (exact) mass is 192 g/mol. The van der Waals surface area contributed by atoms with Crippen molar-refractivity contribution in [3.05, 3.63) is 47.5 Å². The summed E-state index contributed by atoms with van der Waals surface area (Å²) in [5.74, 6) is -0.0354. The predicted octanol–water partition coefficient (Wildman–Crippen LogP) is 3.25. The van der Waals surface area contributed by atoms with Crippen LogP contribution in [-0.2, 0) is 4.74 Å². The summed E-state index contributed by atoms with van der Waals surface area (Å²) in [6, 6.07) is 0. The molecule has 0 aliphatic heterocycles. The molecule has 0 radical (unpaired) electrons. The predicted molar refractivity (Wildman–Crippen MR) is 57.9 cm³/mol. The molecule has 1 aliphatic carbocycles. The second-order valence-corrected chi connectivity index (χ2v) is 3.01. The zero-order valence-corrected chi connectivity index (χ0v) is 8.66. The van der Waals surface area contributed by atoms with E-state index in [0.717, 1.165) is 12.0 Å². The lowest BCUT2D eigenvalue weighted by Crippen LogP contribution is -1.88. The van der Waals surface area contributed by atoms with Gasteiger partial charge in [0.1, 0.15) is 0 Å². The average Bonchev–Trinajstić information content (AvgIpc) is 2.63. The van der Waals surface area contributed by atoms with Gasteiger partial charge in [0.2, 0.25) is 0 Å². The molecule has 0 saturated carbocycles. The molecular formula is C12H16O2. The molecule has 1 rings (SSSR count). The second kappa shape index (κ2) is 5.32. The van der Waals surface area contributed by atoms with E-state index in [1.54, 1.807) is 6.08 Å². The van der Waals surface area contributed by atoms with Crippen molar-refractivity contribution in [3.8, 4) is 0 Å². The summed E-state index contributed by atoms with van der Waals surface area (Å²) in [6.07, 6.45) is 10.6. The van der Waals surface area contributed by atoms with Gasteiger partial charge in [-0.1, -0.05) is 25.2 Å². The maximum absolute atomic E-state index is 9.18. The number of hydrogen-bond donors (Lipinski definition) is 1. The first-order valence-electron chi connectivity index (χ1n) is 4.88. The molecule has 0 aromatic carbocycles. The van der Waals surface area contributed by atoms with Crippen molar-refractivity contribution < 1.29 is 9.84 Å². The van der Waals surface area contributed by atoms with Crippen LogP contribution < -0.4 is 0 Å². The van der Waals surface area contributed by atoms with Crippen LogP contribution in [0.4, 0.5) is 0 Å². The van der Waals surface area contributed by atoms with Gasteiger partial charge in [0, 0.05) is 6.08 Å². The van der Waals surface area contributed by atoms with Gasteiger partial charge in [-0.15, -0.1) is 0 Å². The van der Waals surface area contributed by atoms with Crippen molar-refractivity contribution in [2.24, 2.45) is 0 Å². The molecule has 0 spiro atoms. The van der Waals surface area contributed by atoms with Crippen molar-refractivity contribution in [2.45, 2.75) is 20.3 Å². The standard InChI is InChI=1S/C12H16O2/c1-3-10-5-6-11(9-10)7-8-12(13)14-4-2/h5-9,13H,3-4H2,1-2H3/b11-7+,12-8+. The molecule has 2 nitrogen and oxygen atoms in total. The Morgan fingerprint density at radius 2 is 2.21 bits per heavy atom. The van der Waals surface area contributed by atoms with Crippen molar-refractivity contribution >= 4 is 0 Å². The van der Waals surface area contributed by atoms with Crippen LogP contribution in [-0.4, -0.2) is 11.7 Å². The van der Waals surface area contributed by atoms with Crippen molar-refractivity contribution in [1.82, 2.24) is 0 Å². The van der Waals surface area contributed by atoms with E-state index >= 15 is 0 Å². The van der Waals surface area contributed by atoms with Gasteiger partial charge in [0.05, 0.1) is 6.61 Å². The van der Waals surface area contributed by atoms with Gasteiger partial charge in [0.15, 0.2) is 0 Å². The fraction of sp³-hybridized carbons (Fsp3) is 0.333. The Labute approximate surface area is 84.9 Å². The van der Waals surface area contributed by atoms with Crippen molar-refractivity contribution in [1.29, 1.82) is 0 Å². The third-order valence-electron chi connectivity index (χ3n) is 1.96. The maximum Gasteiger partial charge on any atom is 0.276 e. The summed E-state index contributed by atoms with van der Waals surface area (Å²) in [4.78, 5) is 0. The van der Waals surface area contributed by atoms with E-state index in [2.05, 4.69) is 19.1 Å². The number of rotatable bonds is 4. The van der Waals surface area contributed by atoms with Crippen LogP contribution in [0.1, 0.15) is 20.3 Å². The summed E-state index contributed by atoms with van der Waals surface area (Å²) in [7, 11) is 0. The lowest BCUT2D eigenvalue weighted by Gasteiger charge is -1.97. The molecule has 0 atom stereocenters. The van der Waals surface area contributed by atoms with E-state index in [9.17, 15) is 5.11 Å². The van der Waals surface area contributed by atoms with E-state index in [1.165, 1.54) is 5.57 Å². The summed E-state index contributed by atoms with van der Waals surface area (Å²) in [6.45, 7) is 4.44. The Hall–Kier alpha value is -1.44. The Balaban J connectivity index is 2.59. The van der Waals surface area contributed by atoms with Crippen LogP contribution in [0.15, 0.2) is 47.5 Å². The van der Waals surface area contributed by atoms with Gasteiger partial charge in [0.25, 0.3) is 5.95 Å². The summed E-state index contributed by atoms with van der Waals surface area (Å²) >= 11 is 0. The van der Waals surface area contributed by atoms with E-state index in [0.29, 0.717) is 6.61 Å². The Bertz CT molecular complexity index is 306. The summed E-state index contributed by atoms with van der Waals surface area (Å²) in [5.41, 5.74) is 2.40. The van der Waals surface area contributed by atoms with Crippen LogP contribution in [0.5, 0.6) is 0 Å². The minimum absolute atomic E-state index is 0.0354. The van der Waals surface area contributed by atoms with Crippen molar-refractivity contribution in [2.75, 3.05) is 6.61 Å². The highest BCUT2D eigenvalue weighted by atomic mass is 16.6. The molecule has 2 heteroatoms. The van der Waals surface area contributed by atoms with Crippen LogP contribution in [0.25, 0.3) is 0 Å². The van der Waals surface area contributed by atoms with Gasteiger partial charge < -0.3 is 9.84 Å². The van der Waals surface area contributed by atoms with Gasteiger partial charge in [-0.25, -0.2) is 0 Å². The lowest BCUT2D eigenvalue weighted by atomic mass is 10.2. The molecular weight excluding hydrogens is 176 g/mol. The Morgan fingerprint density at radius 1 is 1.43 bits per heavy atom. The minimum Gasteiger partial charge on any atom is -0.481 e. The van der Waals surface area contributed by atoms with Crippen LogP contribution in [0.2, 0.25) is 0 Å². The summed E-state index contributed by atoms with van der Waals surface area (Å²) in [5, 5.41) is 9.18. The molecule has 0 bridgehead atoms. The maximum atomic E-state index is 9.18. The third kappa shape index (κ3) is 3.13. The van der Waals surface area contributed by atoms with Gasteiger partial charge in [-0.05, 0) is 30.6 Å². The fourth-order valence-corrected chi connectivity index (χ4v) is 1.20. The Morgan fingerprint density at radius 3 is 2.79 bits per heavy atom. The molecule has 0 amide bonds. The second-order valence-electron chi connectivity index (χ2n) is 3.01. The van der Waals surface area contributed by atoms with Crippen LogP contribution in [0, 0.1) is 0 Å². The topological polar surface area (TPSA) is 29.5 Å². The molecule has 0 aromatic heterocycles. The highest BCUT2D eigenvalue weighted by molar-refractivity contribution is 5.47. The zero-order chi connectivity index (χ0) is 10.4. The Kier molecular flexibility index (Phi) is 4.05. The molecule has 1 aliphatic rings. The lowest BCUT2D eigenvalue weighted by molar-refractivity contribution is 0.103. The zero-order valence-electron chi connectivity index (χ0n) is 8.66. The molecule has 1 N–H and O–H groups in total. The van der Waals surface area contributed by atoms with Gasteiger partial charge in [-0.2, -0.15) is 0 Å². The highest BCUT2D eigenvalue weighted by Gasteiger charge is 1.98. The molecule has 0 unspecified atom stereocenters. The van der Waals surface area contributed by atoms with E-state index in [1.807, 2.05) is 19.1 Å². The number of aliphatic hydroxyl groups excluding tert-OH is 1. The molecule has 0 heterocycles. The molecule has 14 heavy (non-hydrogen) atoms. The first kappa shape index (κ1) is 10.6. The molecule has 0 aromatic rings. The van der Waals surface area contributed by atoms with E-state index in [-0.39, 0.29) is 5.95 Å². The quantitative estimate of drug-likeness (QED) is 0.693. The van der Waals surface area contributed by atoms with Crippen LogP contribution in [0.3, 0.4) is 0 Å². The number of hydrogen-bond acceptors (Lipinski definition) is 2. The molecule has 0 saturated heterocycles. The first-order valence-corrected chi connectivity index (χ1v) is 4.88. The fourth-order valence-electron chi connectivity index (χ4n) is 1.20.